The molecule has 19 heavy (non-hydrogen) atoms. The summed E-state index contributed by atoms with van der Waals surface area (Å²) >= 11 is 0. The van der Waals surface area contributed by atoms with Crippen LogP contribution in [0.25, 0.3) is 0 Å². The second kappa shape index (κ2) is 5.92. The number of aryl methyl sites for hydroxylation is 1. The van der Waals surface area contributed by atoms with Crippen LogP contribution in [0.4, 0.5) is 5.69 Å². The number of carbonyl (C=O) groups is 1. The highest BCUT2D eigenvalue weighted by Crippen LogP contribution is 2.12. The highest BCUT2D eigenvalue weighted by molar-refractivity contribution is 5.99. The van der Waals surface area contributed by atoms with Crippen LogP contribution in [0.2, 0.25) is 0 Å². The summed E-state index contributed by atoms with van der Waals surface area (Å²) in [5.41, 5.74) is 5.47. The first-order valence-corrected chi connectivity index (χ1v) is 5.80. The Morgan fingerprint density at radius 3 is 2.74 bits per heavy atom. The molecule has 0 aromatic carbocycles. The summed E-state index contributed by atoms with van der Waals surface area (Å²) in [5.74, 6) is 5.14. The van der Waals surface area contributed by atoms with Gasteiger partial charge in [-0.2, -0.15) is 0 Å². The molecular weight excluding hydrogens is 242 g/mol. The lowest BCUT2D eigenvalue weighted by atomic mass is 10.1. The minimum Gasteiger partial charge on any atom is -0.348 e. The van der Waals surface area contributed by atoms with Crippen molar-refractivity contribution in [1.82, 2.24) is 15.3 Å². The fourth-order valence-corrected chi connectivity index (χ4v) is 1.68. The lowest BCUT2D eigenvalue weighted by molar-refractivity contribution is 0.0951. The van der Waals surface area contributed by atoms with Crippen molar-refractivity contribution >= 4 is 11.6 Å². The van der Waals surface area contributed by atoms with Gasteiger partial charge in [-0.1, -0.05) is 0 Å². The maximum absolute atomic E-state index is 12.1. The fraction of sp³-hybridized carbons (Fsp3) is 0.154. The summed E-state index contributed by atoms with van der Waals surface area (Å²) in [5, 5.41) is 2.84. The molecule has 0 radical (unpaired) electrons. The zero-order valence-electron chi connectivity index (χ0n) is 10.6. The molecule has 0 saturated heterocycles. The summed E-state index contributed by atoms with van der Waals surface area (Å²) < 4.78 is 0. The van der Waals surface area contributed by atoms with Crippen molar-refractivity contribution in [1.29, 1.82) is 0 Å². The fourth-order valence-electron chi connectivity index (χ4n) is 1.68. The van der Waals surface area contributed by atoms with Crippen molar-refractivity contribution < 1.29 is 4.79 Å². The normalized spacial score (nSPS) is 10.0. The molecule has 2 aromatic heterocycles. The standard InChI is InChI=1S/C13H15N5O/c1-9-6-15-4-2-10(9)7-17-13(19)11-3-5-16-8-12(11)18-14/h2-6,8,18H,7,14H2,1H3,(H,17,19). The molecular formula is C13H15N5O. The second-order valence-electron chi connectivity index (χ2n) is 4.05. The summed E-state index contributed by atoms with van der Waals surface area (Å²) in [6.45, 7) is 2.40. The van der Waals surface area contributed by atoms with Crippen LogP contribution in [0.5, 0.6) is 0 Å². The van der Waals surface area contributed by atoms with Gasteiger partial charge in [-0.3, -0.25) is 20.6 Å². The Kier molecular flexibility index (Phi) is 4.04. The Balaban J connectivity index is 2.08. The maximum atomic E-state index is 12.1. The second-order valence-corrected chi connectivity index (χ2v) is 4.05. The van der Waals surface area contributed by atoms with Crippen LogP contribution in [0.1, 0.15) is 21.5 Å². The van der Waals surface area contributed by atoms with Gasteiger partial charge in [0.1, 0.15) is 0 Å². The van der Waals surface area contributed by atoms with E-state index in [0.717, 1.165) is 11.1 Å². The third-order valence-corrected chi connectivity index (χ3v) is 2.80. The molecule has 0 saturated carbocycles. The van der Waals surface area contributed by atoms with Gasteiger partial charge in [0.25, 0.3) is 5.91 Å². The third kappa shape index (κ3) is 3.05. The van der Waals surface area contributed by atoms with Crippen molar-refractivity contribution in [3.63, 3.8) is 0 Å². The average Bonchev–Trinajstić information content (AvgIpc) is 2.46. The summed E-state index contributed by atoms with van der Waals surface area (Å²) in [7, 11) is 0. The molecule has 0 atom stereocenters. The molecule has 0 fully saturated rings. The van der Waals surface area contributed by atoms with Crippen molar-refractivity contribution in [2.24, 2.45) is 5.84 Å². The SMILES string of the molecule is Cc1cnccc1CNC(=O)c1ccncc1NN. The van der Waals surface area contributed by atoms with Gasteiger partial charge < -0.3 is 10.7 Å². The monoisotopic (exact) mass is 257 g/mol. The van der Waals surface area contributed by atoms with E-state index in [9.17, 15) is 4.79 Å². The van der Waals surface area contributed by atoms with E-state index in [2.05, 4.69) is 20.7 Å². The van der Waals surface area contributed by atoms with Crippen molar-refractivity contribution in [3.8, 4) is 0 Å². The molecule has 0 aliphatic rings. The molecule has 0 spiro atoms. The molecule has 98 valence electrons. The van der Waals surface area contributed by atoms with Crippen LogP contribution >= 0.6 is 0 Å². The number of nitrogens with zero attached hydrogens (tertiary/aromatic N) is 2. The summed E-state index contributed by atoms with van der Waals surface area (Å²) in [4.78, 5) is 20.0. The Labute approximate surface area is 111 Å². The third-order valence-electron chi connectivity index (χ3n) is 2.80. The number of anilines is 1. The van der Waals surface area contributed by atoms with Gasteiger partial charge >= 0.3 is 0 Å². The van der Waals surface area contributed by atoms with Gasteiger partial charge in [0.15, 0.2) is 0 Å². The molecule has 0 aliphatic carbocycles. The molecule has 0 aliphatic heterocycles. The number of nitrogen functional groups attached to an aromatic ring is 1. The number of carbonyl (C=O) groups excluding carboxylic acids is 1. The van der Waals surface area contributed by atoms with Crippen molar-refractivity contribution in [2.45, 2.75) is 13.5 Å². The highest BCUT2D eigenvalue weighted by atomic mass is 16.1. The highest BCUT2D eigenvalue weighted by Gasteiger charge is 2.10. The first kappa shape index (κ1) is 13.0. The number of amides is 1. The van der Waals surface area contributed by atoms with E-state index in [-0.39, 0.29) is 5.91 Å². The topological polar surface area (TPSA) is 92.9 Å². The number of hydrogen-bond donors (Lipinski definition) is 3. The molecule has 2 heterocycles. The minimum atomic E-state index is -0.202. The molecule has 0 unspecified atom stereocenters. The molecule has 6 nitrogen and oxygen atoms in total. The smallest absolute Gasteiger partial charge is 0.253 e. The number of nitrogens with two attached hydrogens (primary N) is 1. The van der Waals surface area contributed by atoms with Gasteiger partial charge in [0.2, 0.25) is 0 Å². The zero-order valence-corrected chi connectivity index (χ0v) is 10.6. The average molecular weight is 257 g/mol. The van der Waals surface area contributed by atoms with Gasteiger partial charge in [-0.05, 0) is 30.2 Å². The van der Waals surface area contributed by atoms with E-state index in [1.165, 1.54) is 6.20 Å². The number of hydrogen-bond acceptors (Lipinski definition) is 5. The number of nitrogens with one attached hydrogen (secondary N) is 2. The van der Waals surface area contributed by atoms with Crippen LogP contribution in [0.3, 0.4) is 0 Å². The van der Waals surface area contributed by atoms with Gasteiger partial charge in [0, 0.05) is 25.1 Å². The van der Waals surface area contributed by atoms with E-state index in [1.54, 1.807) is 24.7 Å². The summed E-state index contributed by atoms with van der Waals surface area (Å²) in [6.07, 6.45) is 6.52. The number of pyridine rings is 2. The minimum absolute atomic E-state index is 0.202. The first-order chi connectivity index (χ1) is 9.22. The molecule has 6 heteroatoms. The van der Waals surface area contributed by atoms with Gasteiger partial charge in [0.05, 0.1) is 17.4 Å². The molecule has 2 rings (SSSR count). The Morgan fingerprint density at radius 2 is 2.00 bits per heavy atom. The van der Waals surface area contributed by atoms with Crippen LogP contribution in [0, 0.1) is 6.92 Å². The predicted octanol–water partition coefficient (Wildman–Crippen LogP) is 1.00. The van der Waals surface area contributed by atoms with Crippen LogP contribution in [0.15, 0.2) is 36.9 Å². The zero-order chi connectivity index (χ0) is 13.7. The predicted molar refractivity (Wildman–Crippen MR) is 72.2 cm³/mol. The van der Waals surface area contributed by atoms with Crippen molar-refractivity contribution in [3.05, 3.63) is 53.6 Å². The van der Waals surface area contributed by atoms with Crippen molar-refractivity contribution in [2.75, 3.05) is 5.43 Å². The van der Waals surface area contributed by atoms with Gasteiger partial charge in [-0.25, -0.2) is 0 Å². The first-order valence-electron chi connectivity index (χ1n) is 5.80. The largest absolute Gasteiger partial charge is 0.348 e. The maximum Gasteiger partial charge on any atom is 0.253 e. The Hall–Kier alpha value is -2.47. The van der Waals surface area contributed by atoms with Gasteiger partial charge in [-0.15, -0.1) is 0 Å². The van der Waals surface area contributed by atoms with E-state index < -0.39 is 0 Å². The van der Waals surface area contributed by atoms with Crippen LogP contribution in [-0.2, 0) is 6.54 Å². The molecule has 0 bridgehead atoms. The quantitative estimate of drug-likeness (QED) is 0.561. The lowest BCUT2D eigenvalue weighted by Crippen LogP contribution is -2.25. The van der Waals surface area contributed by atoms with E-state index >= 15 is 0 Å². The Bertz CT molecular complexity index is 585. The van der Waals surface area contributed by atoms with E-state index in [1.807, 2.05) is 13.0 Å². The van der Waals surface area contributed by atoms with E-state index in [4.69, 9.17) is 5.84 Å². The lowest BCUT2D eigenvalue weighted by Gasteiger charge is -2.10. The molecule has 1 amide bonds. The van der Waals surface area contributed by atoms with Crippen LogP contribution < -0.4 is 16.6 Å². The summed E-state index contributed by atoms with van der Waals surface area (Å²) in [6, 6.07) is 3.49. The van der Waals surface area contributed by atoms with E-state index in [0.29, 0.717) is 17.8 Å². The molecule has 2 aromatic rings. The number of hydrazine groups is 1. The molecule has 4 N–H and O–H groups in total. The Morgan fingerprint density at radius 1 is 1.26 bits per heavy atom. The van der Waals surface area contributed by atoms with Crippen LogP contribution in [-0.4, -0.2) is 15.9 Å². The number of aromatic nitrogens is 2. The number of rotatable bonds is 4.